The minimum absolute atomic E-state index is 0.236. The van der Waals surface area contributed by atoms with E-state index in [1.165, 1.54) is 4.90 Å². The van der Waals surface area contributed by atoms with E-state index >= 15 is 0 Å². The van der Waals surface area contributed by atoms with Gasteiger partial charge in [0.1, 0.15) is 6.04 Å². The summed E-state index contributed by atoms with van der Waals surface area (Å²) in [5, 5.41) is 13.9. The number of amides is 1. The summed E-state index contributed by atoms with van der Waals surface area (Å²) < 4.78 is 1.61. The summed E-state index contributed by atoms with van der Waals surface area (Å²) in [6, 6.07) is 17.8. The maximum Gasteiger partial charge on any atom is 0.326 e. The molecule has 0 radical (unpaired) electrons. The Kier molecular flexibility index (Phi) is 4.01. The minimum Gasteiger partial charge on any atom is -0.480 e. The summed E-state index contributed by atoms with van der Waals surface area (Å²) in [7, 11) is 0. The molecule has 26 heavy (non-hydrogen) atoms. The fourth-order valence-electron chi connectivity index (χ4n) is 3.27. The van der Waals surface area contributed by atoms with Crippen LogP contribution in [-0.4, -0.2) is 37.7 Å². The van der Waals surface area contributed by atoms with E-state index in [9.17, 15) is 14.7 Å². The fourth-order valence-corrected chi connectivity index (χ4v) is 3.27. The lowest BCUT2D eigenvalue weighted by Gasteiger charge is -2.34. The van der Waals surface area contributed by atoms with Gasteiger partial charge in [0.15, 0.2) is 5.69 Å². The Hall–Kier alpha value is -3.41. The van der Waals surface area contributed by atoms with Crippen LogP contribution in [0.2, 0.25) is 0 Å². The van der Waals surface area contributed by atoms with Crippen molar-refractivity contribution in [1.82, 2.24) is 14.7 Å². The molecule has 3 aromatic rings. The molecule has 0 fully saturated rings. The van der Waals surface area contributed by atoms with Crippen LogP contribution in [0.3, 0.4) is 0 Å². The third kappa shape index (κ3) is 2.86. The highest BCUT2D eigenvalue weighted by Gasteiger charge is 2.35. The van der Waals surface area contributed by atoms with E-state index < -0.39 is 12.0 Å². The largest absolute Gasteiger partial charge is 0.480 e. The van der Waals surface area contributed by atoms with Gasteiger partial charge in [-0.05, 0) is 29.3 Å². The summed E-state index contributed by atoms with van der Waals surface area (Å²) in [6.07, 6.45) is 2.01. The highest BCUT2D eigenvalue weighted by Crippen LogP contribution is 2.25. The van der Waals surface area contributed by atoms with Crippen molar-refractivity contribution in [3.05, 3.63) is 83.7 Å². The molecule has 0 unspecified atom stereocenters. The van der Waals surface area contributed by atoms with E-state index in [0.29, 0.717) is 6.42 Å². The van der Waals surface area contributed by atoms with Gasteiger partial charge in [-0.3, -0.25) is 4.79 Å². The van der Waals surface area contributed by atoms with Gasteiger partial charge in [-0.15, -0.1) is 0 Å². The number of para-hydroxylation sites is 1. The van der Waals surface area contributed by atoms with E-state index in [0.717, 1.165) is 16.8 Å². The second-order valence-electron chi connectivity index (χ2n) is 6.24. The number of carboxylic acid groups (broad SMARTS) is 1. The quantitative estimate of drug-likeness (QED) is 0.790. The lowest BCUT2D eigenvalue weighted by Crippen LogP contribution is -2.48. The molecule has 1 atom stereocenters. The van der Waals surface area contributed by atoms with Crippen molar-refractivity contribution in [2.75, 3.05) is 0 Å². The molecule has 6 nitrogen and oxygen atoms in total. The first-order valence-electron chi connectivity index (χ1n) is 8.35. The topological polar surface area (TPSA) is 75.4 Å². The SMILES string of the molecule is O=C(O)[C@@H]1Cc2ccccc2CN1C(=O)c1ccn(-c2ccccc2)n1. The van der Waals surface area contributed by atoms with Crippen LogP contribution in [0.25, 0.3) is 5.69 Å². The molecular weight excluding hydrogens is 330 g/mol. The third-order valence-electron chi connectivity index (χ3n) is 4.62. The molecule has 0 spiro atoms. The van der Waals surface area contributed by atoms with E-state index in [1.54, 1.807) is 16.9 Å². The fraction of sp³-hybridized carbons (Fsp3) is 0.150. The molecule has 4 rings (SSSR count). The van der Waals surface area contributed by atoms with Crippen molar-refractivity contribution >= 4 is 11.9 Å². The Morgan fingerprint density at radius 1 is 0.962 bits per heavy atom. The first-order valence-corrected chi connectivity index (χ1v) is 8.35. The van der Waals surface area contributed by atoms with Crippen molar-refractivity contribution < 1.29 is 14.7 Å². The van der Waals surface area contributed by atoms with Gasteiger partial charge in [0, 0.05) is 19.2 Å². The summed E-state index contributed by atoms with van der Waals surface area (Å²) in [5.41, 5.74) is 3.02. The van der Waals surface area contributed by atoms with E-state index in [1.807, 2.05) is 54.6 Å². The second kappa shape index (κ2) is 6.48. The number of carbonyl (C=O) groups is 2. The first-order chi connectivity index (χ1) is 12.6. The van der Waals surface area contributed by atoms with Gasteiger partial charge in [-0.2, -0.15) is 5.10 Å². The molecule has 2 aromatic carbocycles. The molecule has 0 saturated heterocycles. The number of nitrogens with zero attached hydrogens (tertiary/aromatic N) is 3. The molecule has 130 valence electrons. The van der Waals surface area contributed by atoms with Gasteiger partial charge in [0.2, 0.25) is 0 Å². The van der Waals surface area contributed by atoms with Crippen molar-refractivity contribution in [1.29, 1.82) is 0 Å². The van der Waals surface area contributed by atoms with Gasteiger partial charge in [-0.25, -0.2) is 9.48 Å². The van der Waals surface area contributed by atoms with Crippen molar-refractivity contribution in [3.8, 4) is 5.69 Å². The van der Waals surface area contributed by atoms with E-state index in [-0.39, 0.29) is 18.1 Å². The molecule has 0 saturated carbocycles. The maximum absolute atomic E-state index is 13.0. The highest BCUT2D eigenvalue weighted by molar-refractivity contribution is 5.95. The van der Waals surface area contributed by atoms with Crippen LogP contribution in [0.1, 0.15) is 21.6 Å². The Labute approximate surface area is 150 Å². The number of fused-ring (bicyclic) bond motifs is 1. The monoisotopic (exact) mass is 347 g/mol. The van der Waals surface area contributed by atoms with Crippen LogP contribution in [0.4, 0.5) is 0 Å². The number of carboxylic acids is 1. The van der Waals surface area contributed by atoms with Crippen molar-refractivity contribution in [3.63, 3.8) is 0 Å². The van der Waals surface area contributed by atoms with Gasteiger partial charge < -0.3 is 10.0 Å². The Balaban J connectivity index is 1.65. The molecule has 1 aliphatic rings. The average Bonchev–Trinajstić information content (AvgIpc) is 3.17. The van der Waals surface area contributed by atoms with Crippen LogP contribution in [0, 0.1) is 0 Å². The summed E-state index contributed by atoms with van der Waals surface area (Å²) in [6.45, 7) is 0.268. The van der Waals surface area contributed by atoms with E-state index in [2.05, 4.69) is 5.10 Å². The Bertz CT molecular complexity index is 965. The number of carbonyl (C=O) groups excluding carboxylic acids is 1. The molecule has 1 aromatic heterocycles. The van der Waals surface area contributed by atoms with E-state index in [4.69, 9.17) is 0 Å². The summed E-state index contributed by atoms with van der Waals surface area (Å²) in [4.78, 5) is 26.1. The van der Waals surface area contributed by atoms with Crippen LogP contribution < -0.4 is 0 Å². The lowest BCUT2D eigenvalue weighted by molar-refractivity contribution is -0.142. The molecule has 0 bridgehead atoms. The van der Waals surface area contributed by atoms with Gasteiger partial charge >= 0.3 is 5.97 Å². The normalized spacial score (nSPS) is 16.2. The number of hydrogen-bond acceptors (Lipinski definition) is 3. The number of aromatic nitrogens is 2. The van der Waals surface area contributed by atoms with Gasteiger partial charge in [0.05, 0.1) is 5.69 Å². The van der Waals surface area contributed by atoms with Crippen LogP contribution in [0.15, 0.2) is 66.9 Å². The average molecular weight is 347 g/mol. The third-order valence-corrected chi connectivity index (χ3v) is 4.62. The van der Waals surface area contributed by atoms with Crippen molar-refractivity contribution in [2.24, 2.45) is 0 Å². The Morgan fingerprint density at radius 3 is 2.38 bits per heavy atom. The second-order valence-corrected chi connectivity index (χ2v) is 6.24. The molecule has 1 amide bonds. The molecule has 0 aliphatic carbocycles. The molecule has 2 heterocycles. The minimum atomic E-state index is -1.00. The smallest absolute Gasteiger partial charge is 0.326 e. The molecule has 1 aliphatic heterocycles. The van der Waals surface area contributed by atoms with Crippen LogP contribution in [-0.2, 0) is 17.8 Å². The van der Waals surface area contributed by atoms with Crippen molar-refractivity contribution in [2.45, 2.75) is 19.0 Å². The van der Waals surface area contributed by atoms with Gasteiger partial charge in [0.25, 0.3) is 5.91 Å². The highest BCUT2D eigenvalue weighted by atomic mass is 16.4. The zero-order valence-electron chi connectivity index (χ0n) is 13.9. The Morgan fingerprint density at radius 2 is 1.65 bits per heavy atom. The number of benzene rings is 2. The number of rotatable bonds is 3. The summed E-state index contributed by atoms with van der Waals surface area (Å²) >= 11 is 0. The summed E-state index contributed by atoms with van der Waals surface area (Å²) in [5.74, 6) is -1.38. The standard InChI is InChI=1S/C20H17N3O3/c24-19(17-10-11-23(21-17)16-8-2-1-3-9-16)22-13-15-7-5-4-6-14(15)12-18(22)20(25)26/h1-11,18H,12-13H2,(H,25,26)/t18-/m0/s1. The van der Waals surface area contributed by atoms with Gasteiger partial charge in [-0.1, -0.05) is 42.5 Å². The predicted octanol–water partition coefficient (Wildman–Crippen LogP) is 2.52. The molecular formula is C20H17N3O3. The number of hydrogen-bond donors (Lipinski definition) is 1. The first kappa shape index (κ1) is 16.1. The van der Waals surface area contributed by atoms with Crippen LogP contribution in [0.5, 0.6) is 0 Å². The lowest BCUT2D eigenvalue weighted by atomic mass is 9.93. The molecule has 1 N–H and O–H groups in total. The maximum atomic E-state index is 13.0. The molecule has 6 heteroatoms. The zero-order valence-corrected chi connectivity index (χ0v) is 13.9. The predicted molar refractivity (Wildman–Crippen MR) is 95.0 cm³/mol. The number of aliphatic carboxylic acids is 1. The zero-order chi connectivity index (χ0) is 18.1. The van der Waals surface area contributed by atoms with Crippen LogP contribution >= 0.6 is 0 Å².